The van der Waals surface area contributed by atoms with Gasteiger partial charge < -0.3 is 21.3 Å². The van der Waals surface area contributed by atoms with Crippen LogP contribution in [-0.2, 0) is 4.79 Å². The van der Waals surface area contributed by atoms with Gasteiger partial charge in [0.25, 0.3) is 0 Å². The van der Waals surface area contributed by atoms with Gasteiger partial charge in [0.05, 0.1) is 6.20 Å². The molecule has 0 radical (unpaired) electrons. The van der Waals surface area contributed by atoms with Crippen LogP contribution >= 0.6 is 0 Å². The van der Waals surface area contributed by atoms with Crippen molar-refractivity contribution in [2.75, 3.05) is 28.6 Å². The largest absolute Gasteiger partial charge is 0.371 e. The van der Waals surface area contributed by atoms with Crippen LogP contribution in [0.4, 0.5) is 27.5 Å². The van der Waals surface area contributed by atoms with E-state index in [4.69, 9.17) is 5.73 Å². The Bertz CT molecular complexity index is 1060. The second-order valence-corrected chi connectivity index (χ2v) is 8.00. The summed E-state index contributed by atoms with van der Waals surface area (Å²) in [6.45, 7) is 3.58. The Morgan fingerprint density at radius 3 is 2.72 bits per heavy atom. The summed E-state index contributed by atoms with van der Waals surface area (Å²) < 4.78 is 13.3. The monoisotopic (exact) mass is 435 g/mol. The van der Waals surface area contributed by atoms with Crippen LogP contribution in [0.5, 0.6) is 0 Å². The average molecular weight is 436 g/mol. The van der Waals surface area contributed by atoms with E-state index >= 15 is 0 Å². The van der Waals surface area contributed by atoms with E-state index in [1.54, 1.807) is 30.7 Å². The lowest BCUT2D eigenvalue weighted by molar-refractivity contribution is -0.118. The Morgan fingerprint density at radius 2 is 2.00 bits per heavy atom. The van der Waals surface area contributed by atoms with Crippen LogP contribution < -0.4 is 21.3 Å². The fourth-order valence-corrected chi connectivity index (χ4v) is 3.91. The number of carbonyl (C=O) groups excluding carboxylic acids is 1. The molecule has 1 aromatic carbocycles. The van der Waals surface area contributed by atoms with Crippen LogP contribution in [0.3, 0.4) is 0 Å². The van der Waals surface area contributed by atoms with Crippen LogP contribution in [0.15, 0.2) is 55.0 Å². The number of hydrogen-bond donors (Lipinski definition) is 3. The molecular formula is C23H26FN7O. The molecule has 3 heterocycles. The predicted molar refractivity (Wildman–Crippen MR) is 122 cm³/mol. The maximum Gasteiger partial charge on any atom is 0.217 e. The second kappa shape index (κ2) is 9.59. The fraction of sp³-hybridized carbons (Fsp3) is 0.304. The molecule has 8 nitrogen and oxygen atoms in total. The summed E-state index contributed by atoms with van der Waals surface area (Å²) in [5.74, 6) is 1.58. The maximum atomic E-state index is 13.3. The van der Waals surface area contributed by atoms with E-state index in [-0.39, 0.29) is 23.7 Å². The van der Waals surface area contributed by atoms with Crippen LogP contribution in [0.2, 0.25) is 0 Å². The number of carbonyl (C=O) groups is 1. The number of primary amides is 1. The summed E-state index contributed by atoms with van der Waals surface area (Å²) in [5.41, 5.74) is 7.31. The number of benzene rings is 1. The maximum absolute atomic E-state index is 13.3. The van der Waals surface area contributed by atoms with Gasteiger partial charge in [-0.15, -0.1) is 0 Å². The van der Waals surface area contributed by atoms with Gasteiger partial charge in [-0.25, -0.2) is 14.4 Å². The Labute approximate surface area is 186 Å². The quantitative estimate of drug-likeness (QED) is 0.496. The molecule has 0 aliphatic carbocycles. The van der Waals surface area contributed by atoms with E-state index in [1.807, 2.05) is 19.1 Å². The molecule has 0 unspecified atom stereocenters. The van der Waals surface area contributed by atoms with Gasteiger partial charge in [-0.3, -0.25) is 9.78 Å². The van der Waals surface area contributed by atoms with Crippen molar-refractivity contribution in [1.29, 1.82) is 0 Å². The Hall–Kier alpha value is -3.75. The Kier molecular flexibility index (Phi) is 6.44. The standard InChI is InChI=1S/C23H26FN7O/c1-15(17-2-4-18(24)5-3-17)28-21-11-19(31-9-6-16(14-31)10-20(25)32)12-22(29-21)30-23-13-26-7-8-27-23/h2-5,7-8,11-13,15-16H,6,9-10,14H2,1H3,(H2,25,32)(H2,27,28,29,30)/t15-,16-/m0/s1. The van der Waals surface area contributed by atoms with E-state index in [9.17, 15) is 9.18 Å². The van der Waals surface area contributed by atoms with E-state index in [0.29, 0.717) is 23.9 Å². The molecule has 1 aliphatic rings. The molecule has 1 amide bonds. The summed E-state index contributed by atoms with van der Waals surface area (Å²) in [5, 5.41) is 6.60. The lowest BCUT2D eigenvalue weighted by atomic mass is 10.1. The molecule has 4 rings (SSSR count). The zero-order valence-corrected chi connectivity index (χ0v) is 17.8. The smallest absolute Gasteiger partial charge is 0.217 e. The van der Waals surface area contributed by atoms with E-state index in [2.05, 4.69) is 30.5 Å². The number of amides is 1. The highest BCUT2D eigenvalue weighted by molar-refractivity contribution is 5.74. The lowest BCUT2D eigenvalue weighted by Crippen LogP contribution is -2.22. The number of pyridine rings is 1. The molecule has 2 aromatic heterocycles. The summed E-state index contributed by atoms with van der Waals surface area (Å²) in [6.07, 6.45) is 6.14. The number of rotatable bonds is 8. The van der Waals surface area contributed by atoms with E-state index in [0.717, 1.165) is 30.8 Å². The first-order valence-electron chi connectivity index (χ1n) is 10.6. The van der Waals surface area contributed by atoms with Gasteiger partial charge in [-0.2, -0.15) is 0 Å². The summed E-state index contributed by atoms with van der Waals surface area (Å²) >= 11 is 0. The SMILES string of the molecule is C[C@H](Nc1cc(N2CC[C@@H](CC(N)=O)C2)cc(Nc2cnccn2)n1)c1ccc(F)cc1. The van der Waals surface area contributed by atoms with Crippen molar-refractivity contribution in [2.45, 2.75) is 25.8 Å². The molecule has 0 saturated carbocycles. The molecule has 0 spiro atoms. The molecule has 0 bridgehead atoms. The number of nitrogens with zero attached hydrogens (tertiary/aromatic N) is 4. The summed E-state index contributed by atoms with van der Waals surface area (Å²) in [4.78, 5) is 26.6. The molecule has 4 N–H and O–H groups in total. The number of nitrogens with one attached hydrogen (secondary N) is 2. The van der Waals surface area contributed by atoms with E-state index < -0.39 is 0 Å². The minimum Gasteiger partial charge on any atom is -0.371 e. The normalized spacial score (nSPS) is 16.6. The summed E-state index contributed by atoms with van der Waals surface area (Å²) in [7, 11) is 0. The highest BCUT2D eigenvalue weighted by Crippen LogP contribution is 2.31. The Morgan fingerprint density at radius 1 is 1.22 bits per heavy atom. The number of nitrogens with two attached hydrogens (primary N) is 1. The highest BCUT2D eigenvalue weighted by Gasteiger charge is 2.25. The van der Waals surface area contributed by atoms with Gasteiger partial charge in [0.2, 0.25) is 5.91 Å². The third-order valence-corrected chi connectivity index (χ3v) is 5.50. The number of hydrogen-bond acceptors (Lipinski definition) is 7. The lowest BCUT2D eigenvalue weighted by Gasteiger charge is -2.22. The molecule has 1 fully saturated rings. The van der Waals surface area contributed by atoms with Crippen LogP contribution in [-0.4, -0.2) is 33.9 Å². The zero-order valence-electron chi connectivity index (χ0n) is 17.8. The van der Waals surface area contributed by atoms with Crippen molar-refractivity contribution in [3.63, 3.8) is 0 Å². The molecule has 1 saturated heterocycles. The van der Waals surface area contributed by atoms with Gasteiger partial charge in [-0.1, -0.05) is 12.1 Å². The summed E-state index contributed by atoms with van der Waals surface area (Å²) in [6, 6.07) is 10.3. The minimum atomic E-state index is -0.271. The minimum absolute atomic E-state index is 0.0797. The van der Waals surface area contributed by atoms with Crippen LogP contribution in [0.1, 0.15) is 31.4 Å². The van der Waals surface area contributed by atoms with Crippen molar-refractivity contribution in [3.8, 4) is 0 Å². The van der Waals surface area contributed by atoms with Crippen LogP contribution in [0, 0.1) is 11.7 Å². The fourth-order valence-electron chi connectivity index (χ4n) is 3.91. The molecule has 166 valence electrons. The number of halogens is 1. The number of anilines is 4. The van der Waals surface area contributed by atoms with Gasteiger partial charge in [-0.05, 0) is 37.0 Å². The molecule has 9 heteroatoms. The Balaban J connectivity index is 1.58. The molecule has 32 heavy (non-hydrogen) atoms. The van der Waals surface area contributed by atoms with E-state index in [1.165, 1.54) is 12.1 Å². The predicted octanol–water partition coefficient (Wildman–Crippen LogP) is 3.63. The van der Waals surface area contributed by atoms with Gasteiger partial charge in [0, 0.05) is 55.8 Å². The molecular weight excluding hydrogens is 409 g/mol. The molecule has 3 aromatic rings. The zero-order chi connectivity index (χ0) is 22.5. The first-order valence-corrected chi connectivity index (χ1v) is 10.6. The van der Waals surface area contributed by atoms with Crippen molar-refractivity contribution >= 4 is 29.0 Å². The van der Waals surface area contributed by atoms with Crippen molar-refractivity contribution < 1.29 is 9.18 Å². The second-order valence-electron chi connectivity index (χ2n) is 8.00. The average Bonchev–Trinajstić information content (AvgIpc) is 3.22. The van der Waals surface area contributed by atoms with Gasteiger partial charge >= 0.3 is 0 Å². The first-order chi connectivity index (χ1) is 15.5. The third-order valence-electron chi connectivity index (χ3n) is 5.50. The topological polar surface area (TPSA) is 109 Å². The van der Waals surface area contributed by atoms with Gasteiger partial charge in [0.1, 0.15) is 23.3 Å². The third kappa shape index (κ3) is 5.48. The van der Waals surface area contributed by atoms with Crippen LogP contribution in [0.25, 0.3) is 0 Å². The van der Waals surface area contributed by atoms with Crippen molar-refractivity contribution in [1.82, 2.24) is 15.0 Å². The highest BCUT2D eigenvalue weighted by atomic mass is 19.1. The molecule has 1 aliphatic heterocycles. The molecule has 2 atom stereocenters. The first kappa shape index (κ1) is 21.5. The van der Waals surface area contributed by atoms with Gasteiger partial charge in [0.15, 0.2) is 0 Å². The van der Waals surface area contributed by atoms with Crippen molar-refractivity contribution in [3.05, 3.63) is 66.4 Å². The number of aromatic nitrogens is 3. The van der Waals surface area contributed by atoms with Crippen molar-refractivity contribution in [2.24, 2.45) is 11.7 Å².